The second kappa shape index (κ2) is 10.1. The van der Waals surface area contributed by atoms with Crippen molar-refractivity contribution >= 4 is 34.3 Å². The van der Waals surface area contributed by atoms with Gasteiger partial charge in [-0.25, -0.2) is 19.9 Å². The van der Waals surface area contributed by atoms with Crippen molar-refractivity contribution < 1.29 is 14.2 Å². The fraction of sp³-hybridized carbons (Fsp3) is 0.231. The molecule has 0 fully saturated rings. The summed E-state index contributed by atoms with van der Waals surface area (Å²) in [5, 5.41) is 6.77. The third-order valence-electron chi connectivity index (χ3n) is 5.85. The highest BCUT2D eigenvalue weighted by Crippen LogP contribution is 2.41. The van der Waals surface area contributed by atoms with Crippen LogP contribution in [-0.4, -0.2) is 50.4 Å². The number of benzene rings is 2. The molecule has 11 heteroatoms. The predicted molar refractivity (Wildman–Crippen MR) is 142 cm³/mol. The molecule has 0 radical (unpaired) electrons. The quantitative estimate of drug-likeness (QED) is 0.285. The predicted octanol–water partition coefficient (Wildman–Crippen LogP) is 5.11. The summed E-state index contributed by atoms with van der Waals surface area (Å²) in [7, 11) is 4.72. The fourth-order valence-electron chi connectivity index (χ4n) is 4.13. The molecule has 190 valence electrons. The summed E-state index contributed by atoms with van der Waals surface area (Å²) < 4.78 is 20.4. The molecule has 0 saturated carbocycles. The van der Waals surface area contributed by atoms with Gasteiger partial charge in [-0.3, -0.25) is 4.57 Å². The second-order valence-electron chi connectivity index (χ2n) is 8.47. The summed E-state index contributed by atoms with van der Waals surface area (Å²) in [6.45, 7) is 4.17. The second-order valence-corrected chi connectivity index (χ2v) is 8.47. The number of anilines is 4. The zero-order valence-electron chi connectivity index (χ0n) is 21.3. The topological polar surface area (TPSA) is 113 Å². The van der Waals surface area contributed by atoms with E-state index >= 15 is 0 Å². The number of ether oxygens (including phenoxy) is 3. The van der Waals surface area contributed by atoms with E-state index in [1.54, 1.807) is 33.9 Å². The Bertz CT molecular complexity index is 1490. The van der Waals surface area contributed by atoms with E-state index in [2.05, 4.69) is 39.4 Å². The molecule has 0 atom stereocenters. The van der Waals surface area contributed by atoms with E-state index in [9.17, 15) is 0 Å². The van der Waals surface area contributed by atoms with Gasteiger partial charge in [0.1, 0.15) is 6.33 Å². The molecular formula is C26H28N8O3. The molecule has 2 aromatic carbocycles. The molecule has 5 aromatic rings. The van der Waals surface area contributed by atoms with Crippen LogP contribution in [0.15, 0.2) is 61.4 Å². The van der Waals surface area contributed by atoms with Gasteiger partial charge >= 0.3 is 0 Å². The van der Waals surface area contributed by atoms with Gasteiger partial charge in [0.05, 0.1) is 27.7 Å². The normalized spacial score (nSPS) is 11.1. The standard InChI is InChI=1S/C26H28N8O3/c1-16(2)34-25-22(32-26(34)31-17-6-8-19(9-7-17)33-11-10-27-15-33)24(28-14-29-25)30-18-12-20(35-3)23(37-5)21(13-18)36-4/h6-16H,1-5H3,(H,31,32)(H,28,29,30). The van der Waals surface area contributed by atoms with Gasteiger partial charge in [0.25, 0.3) is 0 Å². The molecule has 37 heavy (non-hydrogen) atoms. The maximum Gasteiger partial charge on any atom is 0.210 e. The summed E-state index contributed by atoms with van der Waals surface area (Å²) >= 11 is 0. The average Bonchev–Trinajstić information content (AvgIpc) is 3.57. The molecule has 11 nitrogen and oxygen atoms in total. The van der Waals surface area contributed by atoms with Crippen LogP contribution in [0.2, 0.25) is 0 Å². The highest BCUT2D eigenvalue weighted by atomic mass is 16.5. The zero-order chi connectivity index (χ0) is 25.9. The van der Waals surface area contributed by atoms with E-state index in [0.717, 1.165) is 11.4 Å². The van der Waals surface area contributed by atoms with Gasteiger partial charge in [-0.2, -0.15) is 0 Å². The number of hydrogen-bond donors (Lipinski definition) is 2. The van der Waals surface area contributed by atoms with Crippen molar-refractivity contribution in [3.8, 4) is 22.9 Å². The summed E-state index contributed by atoms with van der Waals surface area (Å²) in [5.41, 5.74) is 3.95. The Morgan fingerprint density at radius 2 is 1.59 bits per heavy atom. The lowest BCUT2D eigenvalue weighted by molar-refractivity contribution is 0.324. The Balaban J connectivity index is 1.51. The lowest BCUT2D eigenvalue weighted by atomic mass is 10.2. The Labute approximate surface area is 214 Å². The number of aromatic nitrogens is 6. The van der Waals surface area contributed by atoms with Gasteiger partial charge in [0.2, 0.25) is 11.7 Å². The average molecular weight is 501 g/mol. The lowest BCUT2D eigenvalue weighted by Crippen LogP contribution is -2.07. The molecule has 0 aliphatic heterocycles. The summed E-state index contributed by atoms with van der Waals surface area (Å²) in [6.07, 6.45) is 6.94. The van der Waals surface area contributed by atoms with Crippen molar-refractivity contribution in [1.82, 2.24) is 29.1 Å². The molecule has 5 rings (SSSR count). The third-order valence-corrected chi connectivity index (χ3v) is 5.85. The van der Waals surface area contributed by atoms with Gasteiger partial charge in [-0.15, -0.1) is 0 Å². The minimum Gasteiger partial charge on any atom is -0.493 e. The molecule has 0 unspecified atom stereocenters. The number of fused-ring (bicyclic) bond motifs is 1. The molecular weight excluding hydrogens is 472 g/mol. The molecule has 3 heterocycles. The van der Waals surface area contributed by atoms with Crippen molar-refractivity contribution in [2.45, 2.75) is 19.9 Å². The number of nitrogens with one attached hydrogen (secondary N) is 2. The Hall–Kier alpha value is -4.80. The SMILES string of the molecule is COc1cc(Nc2ncnc3c2nc(Nc2ccc(-n4ccnc4)cc2)n3C(C)C)cc(OC)c1OC. The zero-order valence-corrected chi connectivity index (χ0v) is 21.3. The maximum atomic E-state index is 5.49. The maximum absolute atomic E-state index is 5.49. The third kappa shape index (κ3) is 4.58. The fourth-order valence-corrected chi connectivity index (χ4v) is 4.13. The Kier molecular flexibility index (Phi) is 6.50. The van der Waals surface area contributed by atoms with Gasteiger partial charge in [-0.05, 0) is 38.1 Å². The summed E-state index contributed by atoms with van der Waals surface area (Å²) in [5.74, 6) is 2.79. The van der Waals surface area contributed by atoms with Crippen LogP contribution < -0.4 is 24.8 Å². The van der Waals surface area contributed by atoms with E-state index in [0.29, 0.717) is 45.9 Å². The molecule has 0 aliphatic carbocycles. The minimum absolute atomic E-state index is 0.0987. The van der Waals surface area contributed by atoms with E-state index < -0.39 is 0 Å². The lowest BCUT2D eigenvalue weighted by Gasteiger charge is -2.15. The number of methoxy groups -OCH3 is 3. The number of rotatable bonds is 9. The van der Waals surface area contributed by atoms with Crippen LogP contribution in [-0.2, 0) is 0 Å². The van der Waals surface area contributed by atoms with E-state index in [-0.39, 0.29) is 6.04 Å². The first kappa shape index (κ1) is 23.9. The van der Waals surface area contributed by atoms with Crippen molar-refractivity contribution in [3.63, 3.8) is 0 Å². The van der Waals surface area contributed by atoms with Crippen molar-refractivity contribution in [2.75, 3.05) is 32.0 Å². The smallest absolute Gasteiger partial charge is 0.210 e. The Morgan fingerprint density at radius 1 is 0.865 bits per heavy atom. The molecule has 2 N–H and O–H groups in total. The van der Waals surface area contributed by atoms with Crippen LogP contribution in [0.1, 0.15) is 19.9 Å². The van der Waals surface area contributed by atoms with E-state index in [1.165, 1.54) is 6.33 Å². The molecule has 0 aliphatic rings. The van der Waals surface area contributed by atoms with Crippen LogP contribution in [0, 0.1) is 0 Å². The summed E-state index contributed by atoms with van der Waals surface area (Å²) in [6, 6.07) is 11.8. The number of hydrogen-bond acceptors (Lipinski definition) is 9. The van der Waals surface area contributed by atoms with Crippen LogP contribution in [0.4, 0.5) is 23.1 Å². The molecule has 0 amide bonds. The number of nitrogens with zero attached hydrogens (tertiary/aromatic N) is 6. The first-order valence-corrected chi connectivity index (χ1v) is 11.7. The highest BCUT2D eigenvalue weighted by Gasteiger charge is 2.20. The van der Waals surface area contributed by atoms with E-state index in [1.807, 2.05) is 51.7 Å². The van der Waals surface area contributed by atoms with Gasteiger partial charge in [0, 0.05) is 47.6 Å². The van der Waals surface area contributed by atoms with Crippen molar-refractivity contribution in [3.05, 3.63) is 61.4 Å². The van der Waals surface area contributed by atoms with Crippen LogP contribution in [0.25, 0.3) is 16.9 Å². The van der Waals surface area contributed by atoms with Crippen LogP contribution in [0.5, 0.6) is 17.2 Å². The summed E-state index contributed by atoms with van der Waals surface area (Å²) in [4.78, 5) is 18.0. The molecule has 0 saturated heterocycles. The first-order chi connectivity index (χ1) is 18.0. The highest BCUT2D eigenvalue weighted by molar-refractivity contribution is 5.88. The largest absolute Gasteiger partial charge is 0.493 e. The minimum atomic E-state index is 0.0987. The van der Waals surface area contributed by atoms with Crippen LogP contribution >= 0.6 is 0 Å². The number of imidazole rings is 2. The Morgan fingerprint density at radius 3 is 2.19 bits per heavy atom. The van der Waals surface area contributed by atoms with Crippen molar-refractivity contribution in [2.24, 2.45) is 0 Å². The molecule has 0 bridgehead atoms. The molecule has 0 spiro atoms. The van der Waals surface area contributed by atoms with E-state index in [4.69, 9.17) is 19.2 Å². The van der Waals surface area contributed by atoms with Crippen LogP contribution in [0.3, 0.4) is 0 Å². The van der Waals surface area contributed by atoms with Crippen molar-refractivity contribution in [1.29, 1.82) is 0 Å². The monoisotopic (exact) mass is 500 g/mol. The van der Waals surface area contributed by atoms with Gasteiger partial charge < -0.3 is 29.4 Å². The molecule has 3 aromatic heterocycles. The van der Waals surface area contributed by atoms with Gasteiger partial charge in [0.15, 0.2) is 28.5 Å². The first-order valence-electron chi connectivity index (χ1n) is 11.7. The van der Waals surface area contributed by atoms with Gasteiger partial charge in [-0.1, -0.05) is 0 Å².